The Bertz CT molecular complexity index is 1440. The normalized spacial score (nSPS) is 16.7. The summed E-state index contributed by atoms with van der Waals surface area (Å²) in [5, 5.41) is 23.7. The van der Waals surface area contributed by atoms with Gasteiger partial charge >= 0.3 is 0 Å². The van der Waals surface area contributed by atoms with Gasteiger partial charge in [-0.2, -0.15) is 5.26 Å². The van der Waals surface area contributed by atoms with Gasteiger partial charge < -0.3 is 20.3 Å². The molecule has 3 N–H and O–H groups in total. The van der Waals surface area contributed by atoms with E-state index in [-0.39, 0.29) is 60.6 Å². The van der Waals surface area contributed by atoms with Crippen LogP contribution >= 0.6 is 0 Å². The molecule has 1 aliphatic rings. The van der Waals surface area contributed by atoms with Crippen LogP contribution in [0.5, 0.6) is 0 Å². The Balaban J connectivity index is 1.70. The molecular weight excluding hydrogens is 482 g/mol. The number of alkyl halides is 1. The molecular formula is C26H28F2N6O3. The summed E-state index contributed by atoms with van der Waals surface area (Å²) in [5.41, 5.74) is -1.45. The van der Waals surface area contributed by atoms with Gasteiger partial charge in [0, 0.05) is 29.8 Å². The number of aromatic nitrogens is 3. The fraction of sp³-hybridized carbons (Fsp3) is 0.423. The van der Waals surface area contributed by atoms with Crippen LogP contribution in [0, 0.1) is 24.1 Å². The summed E-state index contributed by atoms with van der Waals surface area (Å²) in [6.45, 7) is 5.03. The van der Waals surface area contributed by atoms with E-state index in [1.54, 1.807) is 26.0 Å². The maximum atomic E-state index is 15.0. The Morgan fingerprint density at radius 2 is 1.97 bits per heavy atom. The van der Waals surface area contributed by atoms with Gasteiger partial charge in [0.1, 0.15) is 35.7 Å². The number of hydrogen-bond acceptors (Lipinski definition) is 7. The molecule has 2 aromatic heterocycles. The number of amides is 1. The number of fused-ring (bicyclic) bond motifs is 1. The number of benzene rings is 1. The zero-order chi connectivity index (χ0) is 26.9. The number of rotatable bonds is 6. The van der Waals surface area contributed by atoms with Crippen LogP contribution in [0.3, 0.4) is 0 Å². The molecule has 1 saturated heterocycles. The molecule has 0 radical (unpaired) electrons. The van der Waals surface area contributed by atoms with E-state index in [4.69, 9.17) is 5.26 Å². The maximum absolute atomic E-state index is 15.0. The number of carbonyl (C=O) groups is 1. The molecule has 4 rings (SSSR count). The van der Waals surface area contributed by atoms with Gasteiger partial charge in [-0.15, -0.1) is 0 Å². The Morgan fingerprint density at radius 1 is 1.30 bits per heavy atom. The number of aromatic amines is 1. The molecule has 194 valence electrons. The molecule has 0 saturated carbocycles. The van der Waals surface area contributed by atoms with E-state index in [0.717, 1.165) is 0 Å². The first-order valence-electron chi connectivity index (χ1n) is 12.0. The average Bonchev–Trinajstić information content (AvgIpc) is 2.83. The molecule has 11 heteroatoms. The second-order valence-electron chi connectivity index (χ2n) is 9.37. The van der Waals surface area contributed by atoms with Gasteiger partial charge in [-0.1, -0.05) is 18.2 Å². The summed E-state index contributed by atoms with van der Waals surface area (Å²) < 4.78 is 28.8. The number of H-pyrrole nitrogens is 1. The molecule has 1 fully saturated rings. The van der Waals surface area contributed by atoms with Crippen LogP contribution in [-0.2, 0) is 10.4 Å². The number of nitrogens with one attached hydrogen (secondary N) is 2. The number of halogens is 2. The standard InChI is InChI=1S/C26H28F2N6O3/c1-14(27)17-5-4-6-18(22(17)28)15(2)30-23-19-13-20(25(36)33-24(19)32-16(3)31-23)26(37)8-11-34(12-9-26)21(35)7-10-29/h4-6,13-15,37H,7-9,11-12H2,1-3H3,(H2,30,31,32,33,36)/t14?,15-/m1/s1. The quantitative estimate of drug-likeness (QED) is 0.460. The van der Waals surface area contributed by atoms with Crippen LogP contribution < -0.4 is 10.9 Å². The fourth-order valence-corrected chi connectivity index (χ4v) is 4.72. The van der Waals surface area contributed by atoms with E-state index in [0.29, 0.717) is 17.0 Å². The number of nitriles is 1. The number of aliphatic hydroxyl groups is 1. The second kappa shape index (κ2) is 10.2. The zero-order valence-electron chi connectivity index (χ0n) is 20.8. The van der Waals surface area contributed by atoms with Crippen molar-refractivity contribution in [2.24, 2.45) is 0 Å². The molecule has 9 nitrogen and oxygen atoms in total. The summed E-state index contributed by atoms with van der Waals surface area (Å²) in [7, 11) is 0. The monoisotopic (exact) mass is 510 g/mol. The minimum absolute atomic E-state index is 0.0386. The molecule has 3 aromatic rings. The number of aryl methyl sites for hydroxylation is 1. The van der Waals surface area contributed by atoms with Gasteiger partial charge in [0.05, 0.1) is 23.1 Å². The predicted octanol–water partition coefficient (Wildman–Crippen LogP) is 3.69. The average molecular weight is 511 g/mol. The lowest BCUT2D eigenvalue weighted by Gasteiger charge is -2.37. The van der Waals surface area contributed by atoms with Gasteiger partial charge in [0.25, 0.3) is 5.56 Å². The van der Waals surface area contributed by atoms with Crippen molar-refractivity contribution >= 4 is 22.8 Å². The number of carbonyl (C=O) groups excluding carboxylic acids is 1. The molecule has 2 atom stereocenters. The summed E-state index contributed by atoms with van der Waals surface area (Å²) in [6.07, 6.45) is -1.48. The number of hydrogen-bond donors (Lipinski definition) is 3. The van der Waals surface area contributed by atoms with Gasteiger partial charge in [0.15, 0.2) is 0 Å². The molecule has 0 aliphatic carbocycles. The van der Waals surface area contributed by atoms with Gasteiger partial charge in [0.2, 0.25) is 5.91 Å². The van der Waals surface area contributed by atoms with Gasteiger partial charge in [-0.25, -0.2) is 18.7 Å². The summed E-state index contributed by atoms with van der Waals surface area (Å²) in [4.78, 5) is 38.0. The first-order valence-corrected chi connectivity index (χ1v) is 12.0. The van der Waals surface area contributed by atoms with Crippen molar-refractivity contribution in [2.45, 2.75) is 57.8 Å². The molecule has 3 heterocycles. The number of piperidine rings is 1. The van der Waals surface area contributed by atoms with Crippen molar-refractivity contribution < 1.29 is 18.7 Å². The Kier molecular flexibility index (Phi) is 7.23. The third kappa shape index (κ3) is 5.15. The van der Waals surface area contributed by atoms with Crippen molar-refractivity contribution in [2.75, 3.05) is 18.4 Å². The van der Waals surface area contributed by atoms with Crippen molar-refractivity contribution in [1.29, 1.82) is 5.26 Å². The Hall–Kier alpha value is -3.91. The first-order chi connectivity index (χ1) is 17.5. The molecule has 1 aliphatic heterocycles. The minimum Gasteiger partial charge on any atom is -0.385 e. The number of nitrogens with zero attached hydrogens (tertiary/aromatic N) is 4. The predicted molar refractivity (Wildman–Crippen MR) is 133 cm³/mol. The lowest BCUT2D eigenvalue weighted by molar-refractivity contribution is -0.134. The van der Waals surface area contributed by atoms with E-state index in [1.165, 1.54) is 24.0 Å². The Labute approximate surface area is 212 Å². The second-order valence-corrected chi connectivity index (χ2v) is 9.37. The summed E-state index contributed by atoms with van der Waals surface area (Å²) in [6, 6.07) is 7.29. The molecule has 1 aromatic carbocycles. The Morgan fingerprint density at radius 3 is 2.62 bits per heavy atom. The first kappa shape index (κ1) is 26.2. The molecule has 1 unspecified atom stereocenters. The lowest BCUT2D eigenvalue weighted by atomic mass is 9.84. The lowest BCUT2D eigenvalue weighted by Crippen LogP contribution is -2.47. The highest BCUT2D eigenvalue weighted by Crippen LogP contribution is 2.34. The van der Waals surface area contributed by atoms with Crippen LogP contribution in [0.4, 0.5) is 14.6 Å². The molecule has 0 bridgehead atoms. The highest BCUT2D eigenvalue weighted by molar-refractivity contribution is 5.87. The van der Waals surface area contributed by atoms with E-state index in [1.807, 2.05) is 6.07 Å². The summed E-state index contributed by atoms with van der Waals surface area (Å²) >= 11 is 0. The van der Waals surface area contributed by atoms with Gasteiger partial charge in [-0.05, 0) is 39.7 Å². The number of likely N-dealkylation sites (tertiary alicyclic amines) is 1. The van der Waals surface area contributed by atoms with Crippen LogP contribution in [0.15, 0.2) is 29.1 Å². The zero-order valence-corrected chi connectivity index (χ0v) is 20.8. The van der Waals surface area contributed by atoms with Crippen molar-refractivity contribution in [1.82, 2.24) is 19.9 Å². The van der Waals surface area contributed by atoms with Crippen LogP contribution in [0.25, 0.3) is 11.0 Å². The molecule has 1 amide bonds. The minimum atomic E-state index is -1.50. The van der Waals surface area contributed by atoms with E-state index in [9.17, 15) is 23.5 Å². The van der Waals surface area contributed by atoms with E-state index < -0.39 is 29.2 Å². The maximum Gasteiger partial charge on any atom is 0.255 e. The van der Waals surface area contributed by atoms with Crippen molar-refractivity contribution in [3.8, 4) is 6.07 Å². The van der Waals surface area contributed by atoms with Gasteiger partial charge in [-0.3, -0.25) is 9.59 Å². The van der Waals surface area contributed by atoms with E-state index >= 15 is 0 Å². The third-order valence-electron chi connectivity index (χ3n) is 6.80. The highest BCUT2D eigenvalue weighted by atomic mass is 19.1. The number of anilines is 1. The third-order valence-corrected chi connectivity index (χ3v) is 6.80. The molecule has 0 spiro atoms. The van der Waals surface area contributed by atoms with Crippen molar-refractivity contribution in [3.05, 3.63) is 63.0 Å². The van der Waals surface area contributed by atoms with Crippen LogP contribution in [0.1, 0.15) is 67.8 Å². The van der Waals surface area contributed by atoms with Crippen molar-refractivity contribution in [3.63, 3.8) is 0 Å². The van der Waals surface area contributed by atoms with E-state index in [2.05, 4.69) is 20.3 Å². The molecule has 37 heavy (non-hydrogen) atoms. The largest absolute Gasteiger partial charge is 0.385 e. The topological polar surface area (TPSA) is 135 Å². The van der Waals surface area contributed by atoms with Crippen LogP contribution in [0.2, 0.25) is 0 Å². The smallest absolute Gasteiger partial charge is 0.255 e. The number of pyridine rings is 1. The SMILES string of the molecule is Cc1nc(N[C@H](C)c2cccc(C(C)F)c2F)c2cc(C3(O)CCN(C(=O)CC#N)CC3)c(=O)[nH]c2n1. The highest BCUT2D eigenvalue weighted by Gasteiger charge is 2.38. The van der Waals surface area contributed by atoms with Crippen LogP contribution in [-0.4, -0.2) is 44.0 Å². The summed E-state index contributed by atoms with van der Waals surface area (Å²) in [5.74, 6) is -0.287. The fourth-order valence-electron chi connectivity index (χ4n) is 4.72.